The van der Waals surface area contributed by atoms with Crippen molar-refractivity contribution in [2.75, 3.05) is 0 Å². The molecule has 2 rings (SSSR count). The summed E-state index contributed by atoms with van der Waals surface area (Å²) >= 11 is 3.83. The number of hydrogen-bond donors (Lipinski definition) is 0. The molecule has 2 aromatic rings. The fourth-order valence-electron chi connectivity index (χ4n) is 2.54. The lowest BCUT2D eigenvalue weighted by molar-refractivity contribution is 0.647. The zero-order valence-corrected chi connectivity index (χ0v) is 15.0. The standard InChI is InChI=1S/C20H25Br/c1-14(2)13-16-5-7-18(8-6-16)20(21)19-11-9-17(10-12-19)15(3)4/h5-12,14-15,20H,13H2,1-4H3. The molecule has 1 unspecified atom stereocenters. The predicted octanol–water partition coefficient (Wildman–Crippen LogP) is 6.49. The highest BCUT2D eigenvalue weighted by Crippen LogP contribution is 2.31. The van der Waals surface area contributed by atoms with Crippen LogP contribution < -0.4 is 0 Å². The van der Waals surface area contributed by atoms with E-state index in [4.69, 9.17) is 0 Å². The normalized spacial score (nSPS) is 12.9. The summed E-state index contributed by atoms with van der Waals surface area (Å²) in [6, 6.07) is 17.9. The quantitative estimate of drug-likeness (QED) is 0.543. The summed E-state index contributed by atoms with van der Waals surface area (Å²) in [6.07, 6.45) is 1.15. The van der Waals surface area contributed by atoms with Crippen LogP contribution in [0.4, 0.5) is 0 Å². The number of alkyl halides is 1. The van der Waals surface area contributed by atoms with Crippen molar-refractivity contribution in [3.63, 3.8) is 0 Å². The van der Waals surface area contributed by atoms with Crippen LogP contribution in [0.15, 0.2) is 48.5 Å². The minimum Gasteiger partial charge on any atom is -0.0786 e. The fraction of sp³-hybridized carbons (Fsp3) is 0.400. The first kappa shape index (κ1) is 16.3. The van der Waals surface area contributed by atoms with Crippen LogP contribution in [-0.2, 0) is 6.42 Å². The average Bonchev–Trinajstić information content (AvgIpc) is 2.47. The SMILES string of the molecule is CC(C)Cc1ccc(C(Br)c2ccc(C(C)C)cc2)cc1. The zero-order valence-electron chi connectivity index (χ0n) is 13.4. The fourth-order valence-corrected chi connectivity index (χ4v) is 3.15. The van der Waals surface area contributed by atoms with Crippen molar-refractivity contribution in [1.29, 1.82) is 0 Å². The Hall–Kier alpha value is -1.08. The molecule has 0 N–H and O–H groups in total. The summed E-state index contributed by atoms with van der Waals surface area (Å²) in [5, 5.41) is 0. The monoisotopic (exact) mass is 344 g/mol. The Bertz CT molecular complexity index is 549. The van der Waals surface area contributed by atoms with Crippen LogP contribution in [-0.4, -0.2) is 0 Å². The molecule has 1 heteroatoms. The summed E-state index contributed by atoms with van der Waals surface area (Å²) in [6.45, 7) is 8.98. The highest BCUT2D eigenvalue weighted by molar-refractivity contribution is 9.09. The van der Waals surface area contributed by atoms with Crippen LogP contribution in [0.25, 0.3) is 0 Å². The van der Waals surface area contributed by atoms with Gasteiger partial charge in [-0.1, -0.05) is 92.2 Å². The van der Waals surface area contributed by atoms with Crippen molar-refractivity contribution in [3.8, 4) is 0 Å². The highest BCUT2D eigenvalue weighted by Gasteiger charge is 2.11. The van der Waals surface area contributed by atoms with Gasteiger partial charge in [-0.25, -0.2) is 0 Å². The van der Waals surface area contributed by atoms with E-state index in [1.807, 2.05) is 0 Å². The number of halogens is 1. The molecule has 1 atom stereocenters. The molecule has 2 aromatic carbocycles. The summed E-state index contributed by atoms with van der Waals surface area (Å²) in [7, 11) is 0. The van der Waals surface area contributed by atoms with Gasteiger partial charge in [-0.3, -0.25) is 0 Å². The van der Waals surface area contributed by atoms with Crippen LogP contribution in [0.5, 0.6) is 0 Å². The maximum atomic E-state index is 3.83. The molecular weight excluding hydrogens is 320 g/mol. The second-order valence-electron chi connectivity index (χ2n) is 6.52. The second kappa shape index (κ2) is 7.26. The Balaban J connectivity index is 2.13. The summed E-state index contributed by atoms with van der Waals surface area (Å²) in [4.78, 5) is 0.270. The van der Waals surface area contributed by atoms with E-state index in [1.54, 1.807) is 0 Å². The van der Waals surface area contributed by atoms with Gasteiger partial charge >= 0.3 is 0 Å². The van der Waals surface area contributed by atoms with Crippen LogP contribution in [0.3, 0.4) is 0 Å². The molecule has 0 spiro atoms. The molecule has 0 fully saturated rings. The minimum atomic E-state index is 0.270. The largest absolute Gasteiger partial charge is 0.0786 e. The van der Waals surface area contributed by atoms with E-state index in [-0.39, 0.29) is 4.83 Å². The van der Waals surface area contributed by atoms with Crippen LogP contribution in [0.1, 0.15) is 60.7 Å². The summed E-state index contributed by atoms with van der Waals surface area (Å²) < 4.78 is 0. The molecule has 0 saturated heterocycles. The van der Waals surface area contributed by atoms with Gasteiger partial charge in [0.2, 0.25) is 0 Å². The first-order valence-corrected chi connectivity index (χ1v) is 8.71. The molecule has 112 valence electrons. The van der Waals surface area contributed by atoms with Crippen LogP contribution in [0, 0.1) is 5.92 Å². The molecule has 0 aliphatic heterocycles. The number of hydrogen-bond acceptors (Lipinski definition) is 0. The Morgan fingerprint density at radius 3 is 1.57 bits per heavy atom. The van der Waals surface area contributed by atoms with Gasteiger partial charge in [-0.2, -0.15) is 0 Å². The van der Waals surface area contributed by atoms with Gasteiger partial charge in [0.25, 0.3) is 0 Å². The molecule has 0 radical (unpaired) electrons. The zero-order chi connectivity index (χ0) is 15.4. The lowest BCUT2D eigenvalue weighted by Gasteiger charge is -2.14. The molecule has 0 bridgehead atoms. The topological polar surface area (TPSA) is 0 Å². The van der Waals surface area contributed by atoms with Crippen LogP contribution >= 0.6 is 15.9 Å². The minimum absolute atomic E-state index is 0.270. The Morgan fingerprint density at radius 2 is 1.14 bits per heavy atom. The molecule has 0 aliphatic rings. The second-order valence-corrected chi connectivity index (χ2v) is 7.44. The molecule has 0 nitrogen and oxygen atoms in total. The van der Waals surface area contributed by atoms with Crippen molar-refractivity contribution in [2.24, 2.45) is 5.92 Å². The lowest BCUT2D eigenvalue weighted by Crippen LogP contribution is -1.97. The van der Waals surface area contributed by atoms with Gasteiger partial charge in [-0.15, -0.1) is 0 Å². The van der Waals surface area contributed by atoms with Crippen molar-refractivity contribution in [3.05, 3.63) is 70.8 Å². The van der Waals surface area contributed by atoms with Crippen molar-refractivity contribution >= 4 is 15.9 Å². The van der Waals surface area contributed by atoms with Gasteiger partial charge < -0.3 is 0 Å². The smallest absolute Gasteiger partial charge is 0.0644 e. The van der Waals surface area contributed by atoms with Crippen molar-refractivity contribution < 1.29 is 0 Å². The van der Waals surface area contributed by atoms with Gasteiger partial charge in [-0.05, 0) is 40.5 Å². The molecule has 0 aromatic heterocycles. The van der Waals surface area contributed by atoms with Gasteiger partial charge in [0.15, 0.2) is 0 Å². The van der Waals surface area contributed by atoms with E-state index in [1.165, 1.54) is 22.3 Å². The van der Waals surface area contributed by atoms with E-state index in [9.17, 15) is 0 Å². The third-order valence-corrected chi connectivity index (χ3v) is 4.87. The van der Waals surface area contributed by atoms with Crippen molar-refractivity contribution in [1.82, 2.24) is 0 Å². The van der Waals surface area contributed by atoms with E-state index in [0.717, 1.165) is 6.42 Å². The van der Waals surface area contributed by atoms with Gasteiger partial charge in [0.05, 0.1) is 4.83 Å². The number of benzene rings is 2. The Morgan fingerprint density at radius 1 is 0.714 bits per heavy atom. The van der Waals surface area contributed by atoms with Gasteiger partial charge in [0, 0.05) is 0 Å². The van der Waals surface area contributed by atoms with Gasteiger partial charge in [0.1, 0.15) is 0 Å². The molecule has 0 aliphatic carbocycles. The average molecular weight is 345 g/mol. The first-order chi connectivity index (χ1) is 9.97. The molecule has 0 amide bonds. The number of rotatable bonds is 5. The third kappa shape index (κ3) is 4.44. The van der Waals surface area contributed by atoms with E-state index < -0.39 is 0 Å². The third-order valence-electron chi connectivity index (χ3n) is 3.81. The summed E-state index contributed by atoms with van der Waals surface area (Å²) in [5.41, 5.74) is 5.45. The molecule has 0 saturated carbocycles. The van der Waals surface area contributed by atoms with Crippen molar-refractivity contribution in [2.45, 2.75) is 44.9 Å². The predicted molar refractivity (Wildman–Crippen MR) is 96.3 cm³/mol. The summed E-state index contributed by atoms with van der Waals surface area (Å²) in [5.74, 6) is 1.29. The maximum Gasteiger partial charge on any atom is 0.0644 e. The van der Waals surface area contributed by atoms with E-state index in [2.05, 4.69) is 92.2 Å². The van der Waals surface area contributed by atoms with Crippen LogP contribution in [0.2, 0.25) is 0 Å². The Kier molecular flexibility index (Phi) is 5.64. The van der Waals surface area contributed by atoms with E-state index >= 15 is 0 Å². The highest BCUT2D eigenvalue weighted by atomic mass is 79.9. The molecular formula is C20H25Br. The molecule has 0 heterocycles. The maximum absolute atomic E-state index is 3.83. The first-order valence-electron chi connectivity index (χ1n) is 7.80. The lowest BCUT2D eigenvalue weighted by atomic mass is 9.97. The Labute approximate surface area is 137 Å². The van der Waals surface area contributed by atoms with E-state index in [0.29, 0.717) is 11.8 Å². The molecule has 21 heavy (non-hydrogen) atoms.